The summed E-state index contributed by atoms with van der Waals surface area (Å²) in [6, 6.07) is 25.4. The summed E-state index contributed by atoms with van der Waals surface area (Å²) in [6.07, 6.45) is 0. The van der Waals surface area contributed by atoms with Gasteiger partial charge in [0.25, 0.3) is 0 Å². The van der Waals surface area contributed by atoms with E-state index in [0.29, 0.717) is 14.7 Å². The van der Waals surface area contributed by atoms with E-state index in [0.717, 1.165) is 5.56 Å². The number of rotatable bonds is 5. The Morgan fingerprint density at radius 2 is 1.12 bits per heavy atom. The van der Waals surface area contributed by atoms with Crippen LogP contribution in [0.1, 0.15) is 5.56 Å². The second-order valence-electron chi connectivity index (χ2n) is 5.39. The smallest absolute Gasteiger partial charge is 0.134 e. The van der Waals surface area contributed by atoms with Crippen molar-refractivity contribution in [3.63, 3.8) is 0 Å². The molecule has 0 unspecified atom stereocenters. The van der Waals surface area contributed by atoms with E-state index in [1.165, 1.54) is 0 Å². The molecule has 0 saturated carbocycles. The standard InChI is InChI=1S/C19H17ClO4S/c1-16-10-8-9-15-19(16)25(24-20(21,22)23,17-11-4-2-5-12-17)18-13-6-3-7-14-18/h2-15H,1H3. The summed E-state index contributed by atoms with van der Waals surface area (Å²) in [7, 11) is -7.38. The summed E-state index contributed by atoms with van der Waals surface area (Å²) in [5.74, 6) is 0. The Morgan fingerprint density at radius 1 is 0.680 bits per heavy atom. The minimum absolute atomic E-state index is 0.641. The average Bonchev–Trinajstić information content (AvgIpc) is 2.61. The number of aryl methyl sites for hydroxylation is 1. The van der Waals surface area contributed by atoms with Gasteiger partial charge in [-0.3, -0.25) is 0 Å². The first-order valence-corrected chi connectivity index (χ1v) is 10.3. The van der Waals surface area contributed by atoms with Crippen LogP contribution in [0, 0.1) is 17.2 Å². The Kier molecular flexibility index (Phi) is 5.15. The Labute approximate surface area is 150 Å². The largest absolute Gasteiger partial charge is 0.182 e. The van der Waals surface area contributed by atoms with Crippen molar-refractivity contribution in [1.82, 2.24) is 0 Å². The molecule has 0 aliphatic carbocycles. The molecule has 0 heterocycles. The van der Waals surface area contributed by atoms with Crippen molar-refractivity contribution in [2.45, 2.75) is 21.6 Å². The highest BCUT2D eigenvalue weighted by Gasteiger charge is 2.46. The lowest BCUT2D eigenvalue weighted by Crippen LogP contribution is -2.61. The molecule has 0 spiro atoms. The summed E-state index contributed by atoms with van der Waals surface area (Å²) in [5.41, 5.74) is 0.851. The number of hydrogen-bond acceptors (Lipinski definition) is 4. The van der Waals surface area contributed by atoms with E-state index in [1.807, 2.05) is 43.3 Å². The van der Waals surface area contributed by atoms with Crippen molar-refractivity contribution < 1.29 is 28.0 Å². The summed E-state index contributed by atoms with van der Waals surface area (Å²) >= 11 is 0. The zero-order valence-corrected chi connectivity index (χ0v) is 15.1. The first-order valence-electron chi connectivity index (χ1n) is 7.54. The molecule has 130 valence electrons. The summed E-state index contributed by atoms with van der Waals surface area (Å²) in [6.45, 7) is 1.88. The van der Waals surface area contributed by atoms with Gasteiger partial charge in [-0.25, -0.2) is 0 Å². The fourth-order valence-electron chi connectivity index (χ4n) is 2.72. The van der Waals surface area contributed by atoms with E-state index in [1.54, 1.807) is 48.5 Å². The van der Waals surface area contributed by atoms with Gasteiger partial charge in [-0.15, -0.1) is 0 Å². The Morgan fingerprint density at radius 3 is 1.56 bits per heavy atom. The summed E-state index contributed by atoms with van der Waals surface area (Å²) in [4.78, 5) is 1.96. The maximum atomic E-state index is 11.7. The lowest BCUT2D eigenvalue weighted by molar-refractivity contribution is -1.91. The predicted octanol–water partition coefficient (Wildman–Crippen LogP) is 2.11. The summed E-state index contributed by atoms with van der Waals surface area (Å²) in [5, 5.41) is 0. The molecule has 3 aromatic rings. The van der Waals surface area contributed by atoms with Crippen LogP contribution in [0.3, 0.4) is 0 Å². The molecule has 0 saturated heterocycles. The maximum Gasteiger partial charge on any atom is 0.134 e. The molecular weight excluding hydrogens is 360 g/mol. The zero-order valence-electron chi connectivity index (χ0n) is 13.5. The van der Waals surface area contributed by atoms with Crippen molar-refractivity contribution in [3.8, 4) is 0 Å². The molecule has 4 nitrogen and oxygen atoms in total. The van der Waals surface area contributed by atoms with Gasteiger partial charge in [-0.2, -0.15) is 14.0 Å². The fraction of sp³-hybridized carbons (Fsp3) is 0.0526. The lowest BCUT2D eigenvalue weighted by Gasteiger charge is -2.35. The van der Waals surface area contributed by atoms with E-state index in [-0.39, 0.29) is 0 Å². The number of hydrogen-bond donors (Lipinski definition) is 0. The van der Waals surface area contributed by atoms with Gasteiger partial charge in [0, 0.05) is 14.7 Å². The molecule has 0 amide bonds. The highest BCUT2D eigenvalue weighted by Crippen LogP contribution is 2.70. The van der Waals surface area contributed by atoms with Crippen LogP contribution < -0.4 is 14.0 Å². The fourth-order valence-corrected chi connectivity index (χ4v) is 7.15. The van der Waals surface area contributed by atoms with Crippen molar-refractivity contribution in [3.05, 3.63) is 90.5 Å². The van der Waals surface area contributed by atoms with Crippen LogP contribution in [0.5, 0.6) is 0 Å². The molecule has 0 aliphatic rings. The normalized spacial score (nSPS) is 12.8. The molecule has 0 aliphatic heterocycles. The van der Waals surface area contributed by atoms with Crippen LogP contribution in [0.15, 0.2) is 99.6 Å². The van der Waals surface area contributed by atoms with Crippen LogP contribution in [0.4, 0.5) is 0 Å². The Bertz CT molecular complexity index is 795. The third-order valence-corrected chi connectivity index (χ3v) is 8.05. The van der Waals surface area contributed by atoms with Gasteiger partial charge in [0.15, 0.2) is 0 Å². The van der Waals surface area contributed by atoms with Crippen LogP contribution in [0.25, 0.3) is 0 Å². The van der Waals surface area contributed by atoms with Crippen LogP contribution in [-0.4, -0.2) is 0 Å². The topological polar surface area (TPSA) is 78.4 Å². The third kappa shape index (κ3) is 3.72. The van der Waals surface area contributed by atoms with E-state index in [9.17, 15) is 14.0 Å². The number of halogens is 1. The molecule has 25 heavy (non-hydrogen) atoms. The first-order chi connectivity index (χ1) is 11.9. The second-order valence-corrected chi connectivity index (χ2v) is 9.14. The van der Waals surface area contributed by atoms with Gasteiger partial charge in [0.1, 0.15) is 3.74 Å². The van der Waals surface area contributed by atoms with Gasteiger partial charge < -0.3 is 0 Å². The molecule has 6 heteroatoms. The predicted molar refractivity (Wildman–Crippen MR) is 87.5 cm³/mol. The molecule has 0 bridgehead atoms. The lowest BCUT2D eigenvalue weighted by atomic mass is 10.2. The summed E-state index contributed by atoms with van der Waals surface area (Å²) < 4.78 is 40.4. The third-order valence-electron chi connectivity index (χ3n) is 3.73. The minimum Gasteiger partial charge on any atom is -0.182 e. The van der Waals surface area contributed by atoms with Crippen molar-refractivity contribution >= 4 is 10.3 Å². The van der Waals surface area contributed by atoms with E-state index >= 15 is 0 Å². The average molecular weight is 377 g/mol. The molecule has 0 radical (unpaired) electrons. The molecule has 0 atom stereocenters. The van der Waals surface area contributed by atoms with Crippen molar-refractivity contribution in [2.24, 2.45) is 0 Å². The first kappa shape index (κ1) is 17.9. The Balaban J connectivity index is 2.38. The van der Waals surface area contributed by atoms with Crippen molar-refractivity contribution in [2.75, 3.05) is 0 Å². The molecular formula is C19H17ClO4S. The minimum atomic E-state index is -4.65. The van der Waals surface area contributed by atoms with Crippen LogP contribution in [-0.2, 0) is 3.74 Å². The van der Waals surface area contributed by atoms with E-state index in [4.69, 9.17) is 3.74 Å². The Hall–Kier alpha value is -1.86. The number of benzene rings is 3. The van der Waals surface area contributed by atoms with Gasteiger partial charge in [0.2, 0.25) is 0 Å². The van der Waals surface area contributed by atoms with Crippen LogP contribution >= 0.6 is 10.3 Å². The highest BCUT2D eigenvalue weighted by molar-refractivity contribution is 8.30. The van der Waals surface area contributed by atoms with E-state index in [2.05, 4.69) is 0 Å². The molecule has 3 rings (SSSR count). The molecule has 0 fully saturated rings. The van der Waals surface area contributed by atoms with Gasteiger partial charge in [0.05, 0.1) is 20.6 Å². The quantitative estimate of drug-likeness (QED) is 0.683. The maximum absolute atomic E-state index is 11.7. The SMILES string of the molecule is Cc1ccccc1S(O[Cl+3]([O-])([O-])[O-])(c1ccccc1)c1ccccc1. The molecule has 3 aromatic carbocycles. The van der Waals surface area contributed by atoms with Gasteiger partial charge in [-0.1, -0.05) is 54.6 Å². The van der Waals surface area contributed by atoms with Crippen LogP contribution in [0.2, 0.25) is 0 Å². The second kappa shape index (κ2) is 7.17. The van der Waals surface area contributed by atoms with E-state index < -0.39 is 20.6 Å². The monoisotopic (exact) mass is 376 g/mol. The highest BCUT2D eigenvalue weighted by atomic mass is 35.7. The molecule has 0 N–H and O–H groups in total. The molecule has 0 aromatic heterocycles. The van der Waals surface area contributed by atoms with Crippen molar-refractivity contribution in [1.29, 1.82) is 0 Å². The van der Waals surface area contributed by atoms with Gasteiger partial charge in [-0.05, 0) is 42.8 Å². The zero-order chi connectivity index (χ0) is 17.9. The van der Waals surface area contributed by atoms with Gasteiger partial charge >= 0.3 is 0 Å².